The summed E-state index contributed by atoms with van der Waals surface area (Å²) in [6, 6.07) is 0. The molecule has 2 saturated carbocycles. The molecule has 210 valence electrons. The first-order chi connectivity index (χ1) is 17.9. The van der Waals surface area contributed by atoms with Crippen molar-refractivity contribution in [3.63, 3.8) is 0 Å². The van der Waals surface area contributed by atoms with Crippen molar-refractivity contribution < 1.29 is 23.7 Å². The molecule has 3 fully saturated rings. The Hall–Kier alpha value is -1.56. The lowest BCUT2D eigenvalue weighted by Gasteiger charge is -2.40. The lowest BCUT2D eigenvalue weighted by Crippen LogP contribution is -2.47. The van der Waals surface area contributed by atoms with Crippen molar-refractivity contribution in [1.82, 2.24) is 9.13 Å². The molecule has 4 rings (SSSR count). The standard InChI is InChI=1S/C27H45N3O7/c1-19-18-30(26(32)29(24(19)31)16-10-15-28)22-17-21(37-27(34-3)13-8-5-9-14-27)23(36-22)25(33-2)35-20-11-6-4-7-12-20/h18,20-23,25H,4-17,28H2,1-3H3/t21-,22+,23?,25?/m0/s1. The van der Waals surface area contributed by atoms with Crippen LogP contribution in [0.5, 0.6) is 0 Å². The van der Waals surface area contributed by atoms with Crippen molar-refractivity contribution in [3.05, 3.63) is 32.6 Å². The number of nitrogens with two attached hydrogens (primary N) is 1. The van der Waals surface area contributed by atoms with Crippen molar-refractivity contribution in [2.24, 2.45) is 5.73 Å². The van der Waals surface area contributed by atoms with E-state index in [4.69, 9.17) is 29.4 Å². The van der Waals surface area contributed by atoms with Crippen LogP contribution in [0.15, 0.2) is 15.8 Å². The molecule has 4 atom stereocenters. The second-order valence-electron chi connectivity index (χ2n) is 10.7. The lowest BCUT2D eigenvalue weighted by molar-refractivity contribution is -0.291. The number of hydrogen-bond donors (Lipinski definition) is 1. The molecule has 3 aliphatic rings. The molecule has 0 amide bonds. The highest BCUT2D eigenvalue weighted by Crippen LogP contribution is 2.40. The maximum Gasteiger partial charge on any atom is 0.333 e. The first-order valence-corrected chi connectivity index (χ1v) is 14.0. The molecule has 2 unspecified atom stereocenters. The van der Waals surface area contributed by atoms with Gasteiger partial charge < -0.3 is 29.4 Å². The van der Waals surface area contributed by atoms with E-state index >= 15 is 0 Å². The first-order valence-electron chi connectivity index (χ1n) is 14.0. The minimum Gasteiger partial charge on any atom is -0.353 e. The van der Waals surface area contributed by atoms with E-state index in [1.165, 1.54) is 15.6 Å². The molecule has 1 aromatic rings. The van der Waals surface area contributed by atoms with Crippen LogP contribution in [0, 0.1) is 6.92 Å². The predicted molar refractivity (Wildman–Crippen MR) is 138 cm³/mol. The van der Waals surface area contributed by atoms with Crippen LogP contribution >= 0.6 is 0 Å². The summed E-state index contributed by atoms with van der Waals surface area (Å²) in [4.78, 5) is 26.1. The summed E-state index contributed by atoms with van der Waals surface area (Å²) < 4.78 is 34.2. The highest BCUT2D eigenvalue weighted by Gasteiger charge is 2.48. The molecule has 10 heteroatoms. The monoisotopic (exact) mass is 523 g/mol. The van der Waals surface area contributed by atoms with Gasteiger partial charge >= 0.3 is 5.69 Å². The van der Waals surface area contributed by atoms with Crippen LogP contribution in [0.3, 0.4) is 0 Å². The Kier molecular flexibility index (Phi) is 9.99. The molecule has 2 aliphatic carbocycles. The van der Waals surface area contributed by atoms with Gasteiger partial charge in [0.2, 0.25) is 0 Å². The van der Waals surface area contributed by atoms with Gasteiger partial charge in [0.15, 0.2) is 12.1 Å². The van der Waals surface area contributed by atoms with E-state index in [0.29, 0.717) is 24.9 Å². The molecule has 10 nitrogen and oxygen atoms in total. The molecule has 0 bridgehead atoms. The average molecular weight is 524 g/mol. The van der Waals surface area contributed by atoms with Crippen molar-refractivity contribution in [1.29, 1.82) is 0 Å². The van der Waals surface area contributed by atoms with E-state index in [9.17, 15) is 9.59 Å². The molecule has 0 radical (unpaired) electrons. The van der Waals surface area contributed by atoms with E-state index in [0.717, 1.165) is 57.8 Å². The van der Waals surface area contributed by atoms with Crippen molar-refractivity contribution in [2.45, 2.75) is 127 Å². The van der Waals surface area contributed by atoms with Crippen LogP contribution in [0.2, 0.25) is 0 Å². The van der Waals surface area contributed by atoms with Gasteiger partial charge in [0, 0.05) is 51.8 Å². The van der Waals surface area contributed by atoms with Crippen molar-refractivity contribution >= 4 is 0 Å². The number of methoxy groups -OCH3 is 2. The third-order valence-corrected chi connectivity index (χ3v) is 8.11. The molecule has 1 saturated heterocycles. The van der Waals surface area contributed by atoms with E-state index in [-0.39, 0.29) is 18.2 Å². The van der Waals surface area contributed by atoms with Gasteiger partial charge in [-0.2, -0.15) is 0 Å². The van der Waals surface area contributed by atoms with E-state index in [2.05, 4.69) is 0 Å². The number of rotatable bonds is 11. The van der Waals surface area contributed by atoms with E-state index in [1.54, 1.807) is 27.3 Å². The smallest absolute Gasteiger partial charge is 0.333 e. The number of aryl methyl sites for hydroxylation is 1. The first kappa shape index (κ1) is 28.4. The molecular weight excluding hydrogens is 478 g/mol. The van der Waals surface area contributed by atoms with E-state index < -0.39 is 36.2 Å². The third-order valence-electron chi connectivity index (χ3n) is 8.11. The van der Waals surface area contributed by atoms with Crippen LogP contribution in [0.4, 0.5) is 0 Å². The van der Waals surface area contributed by atoms with Gasteiger partial charge in [0.05, 0.1) is 12.2 Å². The second-order valence-corrected chi connectivity index (χ2v) is 10.7. The number of ether oxygens (including phenoxy) is 5. The molecule has 37 heavy (non-hydrogen) atoms. The second kappa shape index (κ2) is 13.0. The Morgan fingerprint density at radius 3 is 2.46 bits per heavy atom. The van der Waals surface area contributed by atoms with Gasteiger partial charge in [-0.1, -0.05) is 25.7 Å². The molecule has 2 heterocycles. The summed E-state index contributed by atoms with van der Waals surface area (Å²) in [5.74, 6) is -0.691. The molecule has 1 aliphatic heterocycles. The Bertz CT molecular complexity index is 981. The zero-order chi connectivity index (χ0) is 26.4. The zero-order valence-electron chi connectivity index (χ0n) is 22.7. The predicted octanol–water partition coefficient (Wildman–Crippen LogP) is 2.97. The highest BCUT2D eigenvalue weighted by molar-refractivity contribution is 5.04. The molecule has 1 aromatic heterocycles. The largest absolute Gasteiger partial charge is 0.353 e. The quantitative estimate of drug-likeness (QED) is 0.440. The highest BCUT2D eigenvalue weighted by atomic mass is 16.7. The van der Waals surface area contributed by atoms with Gasteiger partial charge in [-0.3, -0.25) is 13.9 Å². The molecule has 0 spiro atoms. The number of hydrogen-bond acceptors (Lipinski definition) is 8. The normalized spacial score (nSPS) is 27.4. The summed E-state index contributed by atoms with van der Waals surface area (Å²) in [6.07, 6.45) is 10.7. The number of nitrogens with zero attached hydrogens (tertiary/aromatic N) is 2. The van der Waals surface area contributed by atoms with E-state index in [1.807, 2.05) is 0 Å². The average Bonchev–Trinajstić information content (AvgIpc) is 3.33. The van der Waals surface area contributed by atoms with Crippen LogP contribution in [-0.2, 0) is 30.2 Å². The van der Waals surface area contributed by atoms with Gasteiger partial charge in [-0.05, 0) is 45.6 Å². The Morgan fingerprint density at radius 1 is 1.11 bits per heavy atom. The summed E-state index contributed by atoms with van der Waals surface area (Å²) in [5.41, 5.74) is 5.42. The van der Waals surface area contributed by atoms with Gasteiger partial charge in [0.1, 0.15) is 12.3 Å². The Labute approximate surface area is 219 Å². The van der Waals surface area contributed by atoms with Crippen LogP contribution in [0.25, 0.3) is 0 Å². The molecule has 2 N–H and O–H groups in total. The zero-order valence-corrected chi connectivity index (χ0v) is 22.7. The Balaban J connectivity index is 1.63. The summed E-state index contributed by atoms with van der Waals surface area (Å²) in [5, 5.41) is 0. The summed E-state index contributed by atoms with van der Waals surface area (Å²) in [7, 11) is 3.32. The van der Waals surface area contributed by atoms with Crippen molar-refractivity contribution in [2.75, 3.05) is 20.8 Å². The summed E-state index contributed by atoms with van der Waals surface area (Å²) >= 11 is 0. The third kappa shape index (κ3) is 6.54. The summed E-state index contributed by atoms with van der Waals surface area (Å²) in [6.45, 7) is 2.37. The number of aromatic nitrogens is 2. The minimum atomic E-state index is -0.691. The van der Waals surface area contributed by atoms with Gasteiger partial charge in [0.25, 0.3) is 5.56 Å². The fraction of sp³-hybridized carbons (Fsp3) is 0.852. The minimum absolute atomic E-state index is 0.108. The van der Waals surface area contributed by atoms with Crippen LogP contribution in [0.1, 0.15) is 88.8 Å². The maximum atomic E-state index is 13.4. The van der Waals surface area contributed by atoms with Gasteiger partial charge in [-0.25, -0.2) is 4.79 Å². The topological polar surface area (TPSA) is 116 Å². The lowest BCUT2D eigenvalue weighted by atomic mass is 9.93. The van der Waals surface area contributed by atoms with Gasteiger partial charge in [-0.15, -0.1) is 0 Å². The van der Waals surface area contributed by atoms with Crippen LogP contribution < -0.4 is 17.0 Å². The fourth-order valence-corrected chi connectivity index (χ4v) is 6.00. The molecule has 0 aromatic carbocycles. The Morgan fingerprint density at radius 2 is 1.81 bits per heavy atom. The van der Waals surface area contributed by atoms with Crippen molar-refractivity contribution in [3.8, 4) is 0 Å². The fourth-order valence-electron chi connectivity index (χ4n) is 6.00. The SMILES string of the molecule is COC(OC1CCCCC1)C1O[C@@H](n2cc(C)c(=O)n(CCCN)c2=O)C[C@@H]1OC1(OC)CCCCC1. The van der Waals surface area contributed by atoms with Crippen LogP contribution in [-0.4, -0.2) is 60.3 Å². The molecular formula is C27H45N3O7. The maximum absolute atomic E-state index is 13.4.